The standard InChI is InChI=1S/C15H17ClN2O2S/c1-9(8-19)10(2)18-14(20)13-7-17-15(21-13)11-5-3-4-6-12(11)16/h3-7,9-10,19H,8H2,1-2H3,(H,18,20). The molecule has 2 aromatic rings. The minimum Gasteiger partial charge on any atom is -0.396 e. The molecule has 2 N–H and O–H groups in total. The van der Waals surface area contributed by atoms with E-state index in [1.54, 1.807) is 12.3 Å². The molecular weight excluding hydrogens is 308 g/mol. The summed E-state index contributed by atoms with van der Waals surface area (Å²) in [6.45, 7) is 3.79. The molecule has 1 aromatic carbocycles. The number of thiazole rings is 1. The van der Waals surface area contributed by atoms with Crippen molar-refractivity contribution in [1.29, 1.82) is 0 Å². The third-order valence-electron chi connectivity index (χ3n) is 3.33. The molecule has 0 saturated heterocycles. The van der Waals surface area contributed by atoms with Crippen molar-refractivity contribution in [2.45, 2.75) is 19.9 Å². The van der Waals surface area contributed by atoms with Crippen molar-refractivity contribution >= 4 is 28.8 Å². The fourth-order valence-electron chi connectivity index (χ4n) is 1.72. The summed E-state index contributed by atoms with van der Waals surface area (Å²) in [7, 11) is 0. The minimum atomic E-state index is -0.182. The van der Waals surface area contributed by atoms with Crippen molar-refractivity contribution in [2.75, 3.05) is 6.61 Å². The number of aliphatic hydroxyl groups excluding tert-OH is 1. The lowest BCUT2D eigenvalue weighted by atomic mass is 10.1. The van der Waals surface area contributed by atoms with Gasteiger partial charge < -0.3 is 10.4 Å². The molecule has 2 rings (SSSR count). The third-order valence-corrected chi connectivity index (χ3v) is 4.69. The van der Waals surface area contributed by atoms with Gasteiger partial charge in [-0.15, -0.1) is 11.3 Å². The molecule has 1 aromatic heterocycles. The van der Waals surface area contributed by atoms with Gasteiger partial charge in [-0.3, -0.25) is 4.79 Å². The molecule has 6 heteroatoms. The van der Waals surface area contributed by atoms with Gasteiger partial charge in [0.15, 0.2) is 0 Å². The highest BCUT2D eigenvalue weighted by atomic mass is 35.5. The highest BCUT2D eigenvalue weighted by Gasteiger charge is 2.18. The molecule has 0 bridgehead atoms. The lowest BCUT2D eigenvalue weighted by Gasteiger charge is -2.18. The van der Waals surface area contributed by atoms with Crippen LogP contribution in [-0.2, 0) is 0 Å². The van der Waals surface area contributed by atoms with E-state index >= 15 is 0 Å². The van der Waals surface area contributed by atoms with Crippen molar-refractivity contribution in [1.82, 2.24) is 10.3 Å². The molecule has 2 atom stereocenters. The number of hydrogen-bond acceptors (Lipinski definition) is 4. The van der Waals surface area contributed by atoms with E-state index in [9.17, 15) is 4.79 Å². The van der Waals surface area contributed by atoms with Gasteiger partial charge in [-0.1, -0.05) is 36.7 Å². The van der Waals surface area contributed by atoms with Crippen LogP contribution in [-0.4, -0.2) is 28.6 Å². The minimum absolute atomic E-state index is 0.00455. The van der Waals surface area contributed by atoms with Crippen LogP contribution in [0.2, 0.25) is 5.02 Å². The number of halogens is 1. The fourth-order valence-corrected chi connectivity index (χ4v) is 2.86. The molecule has 0 aliphatic rings. The fraction of sp³-hybridized carbons (Fsp3) is 0.333. The topological polar surface area (TPSA) is 62.2 Å². The summed E-state index contributed by atoms with van der Waals surface area (Å²) in [5.74, 6) is -0.177. The Bertz CT molecular complexity index is 630. The number of amides is 1. The number of carbonyl (C=O) groups is 1. The van der Waals surface area contributed by atoms with Crippen molar-refractivity contribution in [3.05, 3.63) is 40.4 Å². The van der Waals surface area contributed by atoms with E-state index in [1.807, 2.05) is 32.0 Å². The van der Waals surface area contributed by atoms with Gasteiger partial charge in [-0.05, 0) is 18.9 Å². The Hall–Kier alpha value is -1.43. The van der Waals surface area contributed by atoms with Gasteiger partial charge in [0, 0.05) is 18.2 Å². The summed E-state index contributed by atoms with van der Waals surface area (Å²) in [4.78, 5) is 16.9. The molecule has 0 spiro atoms. The number of nitrogens with one attached hydrogen (secondary N) is 1. The second kappa shape index (κ2) is 7.02. The average Bonchev–Trinajstić information content (AvgIpc) is 2.96. The molecule has 0 fully saturated rings. The van der Waals surface area contributed by atoms with Crippen LogP contribution in [0.15, 0.2) is 30.5 Å². The Kier molecular flexibility index (Phi) is 5.33. The number of rotatable bonds is 5. The first kappa shape index (κ1) is 15.9. The van der Waals surface area contributed by atoms with Gasteiger partial charge in [0.25, 0.3) is 5.91 Å². The van der Waals surface area contributed by atoms with Gasteiger partial charge >= 0.3 is 0 Å². The van der Waals surface area contributed by atoms with Crippen LogP contribution in [0.1, 0.15) is 23.5 Å². The molecule has 0 saturated carbocycles. The molecular formula is C15H17ClN2O2S. The van der Waals surface area contributed by atoms with E-state index in [0.29, 0.717) is 14.9 Å². The molecule has 21 heavy (non-hydrogen) atoms. The van der Waals surface area contributed by atoms with Crippen LogP contribution in [0.3, 0.4) is 0 Å². The van der Waals surface area contributed by atoms with E-state index in [0.717, 1.165) is 5.56 Å². The second-order valence-corrected chi connectivity index (χ2v) is 6.37. The predicted octanol–water partition coefficient (Wildman–Crippen LogP) is 3.21. The van der Waals surface area contributed by atoms with Crippen LogP contribution in [0.25, 0.3) is 10.6 Å². The van der Waals surface area contributed by atoms with Crippen LogP contribution in [0, 0.1) is 5.92 Å². The Morgan fingerprint density at radius 1 is 1.43 bits per heavy atom. The maximum Gasteiger partial charge on any atom is 0.263 e. The lowest BCUT2D eigenvalue weighted by molar-refractivity contribution is 0.0920. The quantitative estimate of drug-likeness (QED) is 0.887. The first-order valence-corrected chi connectivity index (χ1v) is 7.84. The van der Waals surface area contributed by atoms with E-state index < -0.39 is 0 Å². The van der Waals surface area contributed by atoms with Gasteiger partial charge in [-0.2, -0.15) is 0 Å². The molecule has 0 aliphatic heterocycles. The Morgan fingerprint density at radius 3 is 2.81 bits per heavy atom. The smallest absolute Gasteiger partial charge is 0.263 e. The molecule has 2 unspecified atom stereocenters. The second-order valence-electron chi connectivity index (χ2n) is 4.93. The predicted molar refractivity (Wildman–Crippen MR) is 85.7 cm³/mol. The highest BCUT2D eigenvalue weighted by molar-refractivity contribution is 7.17. The number of benzene rings is 1. The number of nitrogens with zero attached hydrogens (tertiary/aromatic N) is 1. The van der Waals surface area contributed by atoms with Gasteiger partial charge in [0.2, 0.25) is 0 Å². The number of carbonyl (C=O) groups excluding carboxylic acids is 1. The third kappa shape index (κ3) is 3.81. The summed E-state index contributed by atoms with van der Waals surface area (Å²) >= 11 is 7.43. The Balaban J connectivity index is 2.13. The zero-order valence-electron chi connectivity index (χ0n) is 11.8. The van der Waals surface area contributed by atoms with Gasteiger partial charge in [0.05, 0.1) is 11.2 Å². The summed E-state index contributed by atoms with van der Waals surface area (Å²) < 4.78 is 0. The van der Waals surface area contributed by atoms with E-state index in [2.05, 4.69) is 10.3 Å². The van der Waals surface area contributed by atoms with Gasteiger partial charge in [-0.25, -0.2) is 4.98 Å². The first-order chi connectivity index (χ1) is 10.0. The van der Waals surface area contributed by atoms with Crippen LogP contribution < -0.4 is 5.32 Å². The first-order valence-electron chi connectivity index (χ1n) is 6.65. The summed E-state index contributed by atoms with van der Waals surface area (Å²) in [5.41, 5.74) is 0.819. The molecule has 1 amide bonds. The summed E-state index contributed by atoms with van der Waals surface area (Å²) in [6.07, 6.45) is 1.55. The maximum atomic E-state index is 12.1. The van der Waals surface area contributed by atoms with E-state index in [-0.39, 0.29) is 24.5 Å². The molecule has 0 aliphatic carbocycles. The summed E-state index contributed by atoms with van der Waals surface area (Å²) in [6, 6.07) is 7.30. The molecule has 112 valence electrons. The van der Waals surface area contributed by atoms with Crippen molar-refractivity contribution in [2.24, 2.45) is 5.92 Å². The summed E-state index contributed by atoms with van der Waals surface area (Å²) in [5, 5.41) is 13.3. The average molecular weight is 325 g/mol. The molecule has 4 nitrogen and oxygen atoms in total. The van der Waals surface area contributed by atoms with Crippen LogP contribution in [0.5, 0.6) is 0 Å². The van der Waals surface area contributed by atoms with Crippen LogP contribution >= 0.6 is 22.9 Å². The zero-order chi connectivity index (χ0) is 15.4. The zero-order valence-corrected chi connectivity index (χ0v) is 13.4. The highest BCUT2D eigenvalue weighted by Crippen LogP contribution is 2.30. The van der Waals surface area contributed by atoms with E-state index in [4.69, 9.17) is 16.7 Å². The van der Waals surface area contributed by atoms with Crippen LogP contribution in [0.4, 0.5) is 0 Å². The number of aromatic nitrogens is 1. The van der Waals surface area contributed by atoms with Crippen molar-refractivity contribution < 1.29 is 9.90 Å². The SMILES string of the molecule is CC(CO)C(C)NC(=O)c1cnc(-c2ccccc2Cl)s1. The van der Waals surface area contributed by atoms with Crippen molar-refractivity contribution in [3.63, 3.8) is 0 Å². The number of hydrogen-bond donors (Lipinski definition) is 2. The molecule has 1 heterocycles. The normalized spacial score (nSPS) is 13.7. The molecule has 0 radical (unpaired) electrons. The van der Waals surface area contributed by atoms with Crippen molar-refractivity contribution in [3.8, 4) is 10.6 Å². The Labute approximate surface area is 132 Å². The van der Waals surface area contributed by atoms with Gasteiger partial charge in [0.1, 0.15) is 9.88 Å². The monoisotopic (exact) mass is 324 g/mol. The number of aliphatic hydroxyl groups is 1. The maximum absolute atomic E-state index is 12.1. The largest absolute Gasteiger partial charge is 0.396 e. The lowest BCUT2D eigenvalue weighted by Crippen LogP contribution is -2.38. The van der Waals surface area contributed by atoms with E-state index in [1.165, 1.54) is 11.3 Å². The Morgan fingerprint density at radius 2 is 2.14 bits per heavy atom.